The van der Waals surface area contributed by atoms with E-state index >= 15 is 0 Å². The number of aromatic nitrogens is 1. The molecule has 0 spiro atoms. The molecule has 6 nitrogen and oxygen atoms in total. The van der Waals surface area contributed by atoms with Crippen molar-refractivity contribution >= 4 is 12.0 Å². The lowest BCUT2D eigenvalue weighted by atomic mass is 9.96. The molecule has 0 aromatic carbocycles. The van der Waals surface area contributed by atoms with Crippen LogP contribution < -0.4 is 0 Å². The van der Waals surface area contributed by atoms with Crippen molar-refractivity contribution in [3.8, 4) is 0 Å². The number of hydrogen-bond acceptors (Lipinski definition) is 4. The fraction of sp³-hybridized carbons (Fsp3) is 0.632. The van der Waals surface area contributed by atoms with Crippen LogP contribution in [0.25, 0.3) is 0 Å². The molecule has 25 heavy (non-hydrogen) atoms. The number of hydrogen-bond donors (Lipinski definition) is 0. The minimum absolute atomic E-state index is 0.0969. The molecule has 1 saturated heterocycles. The van der Waals surface area contributed by atoms with Crippen LogP contribution >= 0.6 is 0 Å². The lowest BCUT2D eigenvalue weighted by Crippen LogP contribution is -2.47. The van der Waals surface area contributed by atoms with Gasteiger partial charge in [0.1, 0.15) is 5.60 Å². The largest absolute Gasteiger partial charge is 0.444 e. The number of ether oxygens (including phenoxy) is 1. The van der Waals surface area contributed by atoms with E-state index in [-0.39, 0.29) is 17.9 Å². The van der Waals surface area contributed by atoms with Gasteiger partial charge in [-0.3, -0.25) is 9.78 Å². The van der Waals surface area contributed by atoms with Gasteiger partial charge >= 0.3 is 6.09 Å². The van der Waals surface area contributed by atoms with Crippen molar-refractivity contribution in [1.82, 2.24) is 14.8 Å². The number of carbonyl (C=O) groups is 2. The molecule has 1 aromatic rings. The fourth-order valence-electron chi connectivity index (χ4n) is 2.99. The number of rotatable bonds is 4. The average Bonchev–Trinajstić information content (AvgIpc) is 2.58. The SMILES string of the molecule is CCN(Cc1cccnc1)C(=O)[C@@H]1CCCN(C(=O)OC(C)(C)C)C1. The van der Waals surface area contributed by atoms with Gasteiger partial charge in [0.05, 0.1) is 5.92 Å². The topological polar surface area (TPSA) is 62.7 Å². The molecule has 2 rings (SSSR count). The Morgan fingerprint density at radius 1 is 1.40 bits per heavy atom. The van der Waals surface area contributed by atoms with E-state index in [1.807, 2.05) is 44.7 Å². The summed E-state index contributed by atoms with van der Waals surface area (Å²) in [6.07, 6.45) is 4.80. The summed E-state index contributed by atoms with van der Waals surface area (Å²) < 4.78 is 5.44. The van der Waals surface area contributed by atoms with Gasteiger partial charge in [-0.15, -0.1) is 0 Å². The summed E-state index contributed by atoms with van der Waals surface area (Å²) in [7, 11) is 0. The minimum atomic E-state index is -0.524. The highest BCUT2D eigenvalue weighted by molar-refractivity contribution is 5.80. The van der Waals surface area contributed by atoms with Crippen LogP contribution in [0.5, 0.6) is 0 Å². The molecular weight excluding hydrogens is 318 g/mol. The smallest absolute Gasteiger partial charge is 0.410 e. The van der Waals surface area contributed by atoms with Gasteiger partial charge in [0.25, 0.3) is 0 Å². The van der Waals surface area contributed by atoms with E-state index in [2.05, 4.69) is 4.98 Å². The van der Waals surface area contributed by atoms with Crippen molar-refractivity contribution in [2.45, 2.75) is 52.7 Å². The first-order chi connectivity index (χ1) is 11.8. The van der Waals surface area contributed by atoms with Gasteiger partial charge in [-0.2, -0.15) is 0 Å². The van der Waals surface area contributed by atoms with Crippen LogP contribution in [0, 0.1) is 5.92 Å². The summed E-state index contributed by atoms with van der Waals surface area (Å²) in [6, 6.07) is 3.84. The lowest BCUT2D eigenvalue weighted by molar-refractivity contribution is -0.137. The molecule has 6 heteroatoms. The Kier molecular flexibility index (Phi) is 6.39. The van der Waals surface area contributed by atoms with Crippen molar-refractivity contribution < 1.29 is 14.3 Å². The number of carbonyl (C=O) groups excluding carboxylic acids is 2. The number of likely N-dealkylation sites (tertiary alicyclic amines) is 1. The molecular formula is C19H29N3O3. The Hall–Kier alpha value is -2.11. The molecule has 0 radical (unpaired) electrons. The molecule has 1 aromatic heterocycles. The predicted octanol–water partition coefficient (Wildman–Crippen LogP) is 3.08. The van der Waals surface area contributed by atoms with Gasteiger partial charge in [-0.25, -0.2) is 4.79 Å². The second kappa shape index (κ2) is 8.32. The standard InChI is InChI=1S/C19H29N3O3/c1-5-21(13-15-8-6-10-20-12-15)17(23)16-9-7-11-22(14-16)18(24)25-19(2,3)4/h6,8,10,12,16H,5,7,9,11,13-14H2,1-4H3/t16-/m1/s1. The van der Waals surface area contributed by atoms with Gasteiger partial charge < -0.3 is 14.5 Å². The summed E-state index contributed by atoms with van der Waals surface area (Å²) in [5, 5.41) is 0. The van der Waals surface area contributed by atoms with Crippen LogP contribution in [-0.4, -0.2) is 52.0 Å². The van der Waals surface area contributed by atoms with Crippen molar-refractivity contribution in [1.29, 1.82) is 0 Å². The highest BCUT2D eigenvalue weighted by atomic mass is 16.6. The first-order valence-electron chi connectivity index (χ1n) is 8.95. The Morgan fingerprint density at radius 2 is 2.16 bits per heavy atom. The molecule has 2 amide bonds. The molecule has 1 atom stereocenters. The van der Waals surface area contributed by atoms with Crippen LogP contribution in [-0.2, 0) is 16.1 Å². The second-order valence-electron chi connectivity index (χ2n) is 7.48. The Morgan fingerprint density at radius 3 is 2.76 bits per heavy atom. The van der Waals surface area contributed by atoms with Crippen LogP contribution in [0.2, 0.25) is 0 Å². The number of amides is 2. The maximum Gasteiger partial charge on any atom is 0.410 e. The van der Waals surface area contributed by atoms with Crippen molar-refractivity contribution in [2.75, 3.05) is 19.6 Å². The fourth-order valence-corrected chi connectivity index (χ4v) is 2.99. The number of nitrogens with zero attached hydrogens (tertiary/aromatic N) is 3. The van der Waals surface area contributed by atoms with E-state index in [9.17, 15) is 9.59 Å². The van der Waals surface area contributed by atoms with E-state index < -0.39 is 5.60 Å². The lowest BCUT2D eigenvalue weighted by Gasteiger charge is -2.35. The van der Waals surface area contributed by atoms with Gasteiger partial charge in [0, 0.05) is 38.6 Å². The molecule has 0 saturated carbocycles. The monoisotopic (exact) mass is 347 g/mol. The van der Waals surface area contributed by atoms with Gasteiger partial charge in [0.15, 0.2) is 0 Å². The van der Waals surface area contributed by atoms with E-state index in [0.717, 1.165) is 18.4 Å². The van der Waals surface area contributed by atoms with E-state index in [0.29, 0.717) is 26.2 Å². The number of piperidine rings is 1. The van der Waals surface area contributed by atoms with Gasteiger partial charge in [0.2, 0.25) is 5.91 Å². The summed E-state index contributed by atoms with van der Waals surface area (Å²) in [6.45, 7) is 9.79. The minimum Gasteiger partial charge on any atom is -0.444 e. The first-order valence-corrected chi connectivity index (χ1v) is 8.95. The Labute approximate surface area is 150 Å². The molecule has 2 heterocycles. The van der Waals surface area contributed by atoms with Crippen molar-refractivity contribution in [2.24, 2.45) is 5.92 Å². The van der Waals surface area contributed by atoms with Gasteiger partial charge in [-0.1, -0.05) is 6.07 Å². The van der Waals surface area contributed by atoms with Crippen molar-refractivity contribution in [3.63, 3.8) is 0 Å². The third-order valence-corrected chi connectivity index (χ3v) is 4.21. The molecule has 1 aliphatic heterocycles. The zero-order chi connectivity index (χ0) is 18.4. The van der Waals surface area contributed by atoms with E-state index in [4.69, 9.17) is 4.74 Å². The molecule has 138 valence electrons. The third-order valence-electron chi connectivity index (χ3n) is 4.21. The van der Waals surface area contributed by atoms with E-state index in [1.54, 1.807) is 17.3 Å². The van der Waals surface area contributed by atoms with Crippen LogP contribution in [0.4, 0.5) is 4.79 Å². The Bertz CT molecular complexity index is 583. The zero-order valence-corrected chi connectivity index (χ0v) is 15.7. The molecule has 0 bridgehead atoms. The average molecular weight is 347 g/mol. The predicted molar refractivity (Wildman–Crippen MR) is 95.9 cm³/mol. The van der Waals surface area contributed by atoms with Crippen molar-refractivity contribution in [3.05, 3.63) is 30.1 Å². The maximum atomic E-state index is 12.9. The first kappa shape index (κ1) is 19.2. The van der Waals surface area contributed by atoms with E-state index in [1.165, 1.54) is 0 Å². The molecule has 0 aliphatic carbocycles. The third kappa shape index (κ3) is 5.73. The quantitative estimate of drug-likeness (QED) is 0.840. The molecule has 0 N–H and O–H groups in total. The number of pyridine rings is 1. The second-order valence-corrected chi connectivity index (χ2v) is 7.48. The summed E-state index contributed by atoms with van der Waals surface area (Å²) in [5.41, 5.74) is 0.488. The van der Waals surface area contributed by atoms with Gasteiger partial charge in [-0.05, 0) is 52.2 Å². The zero-order valence-electron chi connectivity index (χ0n) is 15.7. The van der Waals surface area contributed by atoms with Crippen LogP contribution in [0.3, 0.4) is 0 Å². The van der Waals surface area contributed by atoms with Crippen LogP contribution in [0.15, 0.2) is 24.5 Å². The normalized spacial score (nSPS) is 17.9. The molecule has 1 fully saturated rings. The highest BCUT2D eigenvalue weighted by Crippen LogP contribution is 2.22. The molecule has 0 unspecified atom stereocenters. The van der Waals surface area contributed by atoms with Crippen LogP contribution in [0.1, 0.15) is 46.1 Å². The summed E-state index contributed by atoms with van der Waals surface area (Å²) >= 11 is 0. The maximum absolute atomic E-state index is 12.9. The summed E-state index contributed by atoms with van der Waals surface area (Å²) in [4.78, 5) is 32.8. The summed E-state index contributed by atoms with van der Waals surface area (Å²) in [5.74, 6) is -0.0718. The Balaban J connectivity index is 1.98. The molecule has 1 aliphatic rings. The highest BCUT2D eigenvalue weighted by Gasteiger charge is 2.32.